The zero-order valence-corrected chi connectivity index (χ0v) is 15.1. The number of hydrogen-bond acceptors (Lipinski definition) is 3. The normalized spacial score (nSPS) is 17.7. The lowest BCUT2D eigenvalue weighted by Gasteiger charge is -2.29. The maximum absolute atomic E-state index is 12.9. The summed E-state index contributed by atoms with van der Waals surface area (Å²) in [6.07, 6.45) is 4.83. The summed E-state index contributed by atoms with van der Waals surface area (Å²) in [5, 5.41) is 9.30. The Morgan fingerprint density at radius 2 is 1.96 bits per heavy atom. The van der Waals surface area contributed by atoms with Crippen molar-refractivity contribution in [2.45, 2.75) is 51.5 Å². The average Bonchev–Trinajstić information content (AvgIpc) is 2.92. The summed E-state index contributed by atoms with van der Waals surface area (Å²) >= 11 is 0. The first kappa shape index (κ1) is 18.2. The minimum absolute atomic E-state index is 0.0200. The Bertz CT molecular complexity index is 780. The molecular weight excluding hydrogens is 330 g/mol. The molecule has 0 aliphatic carbocycles. The van der Waals surface area contributed by atoms with Gasteiger partial charge in [0.2, 0.25) is 5.91 Å². The van der Waals surface area contributed by atoms with E-state index in [9.17, 15) is 14.7 Å². The fourth-order valence-electron chi connectivity index (χ4n) is 3.67. The number of carboxylic acid groups (broad SMARTS) is 1. The topological polar surface area (TPSA) is 70.8 Å². The molecule has 1 amide bonds. The number of hydrogen-bond donors (Lipinski definition) is 1. The number of carbonyl (C=O) groups is 2. The van der Waals surface area contributed by atoms with E-state index in [0.29, 0.717) is 18.4 Å². The summed E-state index contributed by atoms with van der Waals surface area (Å²) in [4.78, 5) is 26.2. The molecule has 0 radical (unpaired) electrons. The number of nitrogens with zero attached hydrogens (tertiary/aromatic N) is 1. The maximum atomic E-state index is 12.9. The summed E-state index contributed by atoms with van der Waals surface area (Å²) in [5.41, 5.74) is 0.975. The molecule has 1 fully saturated rings. The molecule has 0 spiro atoms. The van der Waals surface area contributed by atoms with Crippen LogP contribution in [0.4, 0.5) is 0 Å². The minimum atomic E-state index is -0.952. The van der Waals surface area contributed by atoms with Crippen LogP contribution < -0.4 is 0 Å². The van der Waals surface area contributed by atoms with Crippen molar-refractivity contribution in [1.82, 2.24) is 4.90 Å². The fraction of sp³-hybridized carbons (Fsp3) is 0.429. The lowest BCUT2D eigenvalue weighted by atomic mass is 10.0. The number of rotatable bonds is 5. The number of carbonyl (C=O) groups excluding carboxylic acids is 1. The van der Waals surface area contributed by atoms with Gasteiger partial charge in [-0.2, -0.15) is 0 Å². The Balaban J connectivity index is 1.73. The summed E-state index contributed by atoms with van der Waals surface area (Å²) in [5.74, 6) is 0.814. The molecule has 1 aromatic carbocycles. The average molecular weight is 355 g/mol. The third-order valence-electron chi connectivity index (χ3n) is 5.02. The number of likely N-dealkylation sites (tertiary alicyclic amines) is 1. The highest BCUT2D eigenvalue weighted by Crippen LogP contribution is 2.32. The van der Waals surface area contributed by atoms with Crippen molar-refractivity contribution in [3.05, 3.63) is 59.0 Å². The molecule has 1 N–H and O–H groups in total. The smallest absolute Gasteiger partial charge is 0.335 e. The van der Waals surface area contributed by atoms with Crippen LogP contribution in [-0.2, 0) is 11.2 Å². The second-order valence-corrected chi connectivity index (χ2v) is 6.86. The van der Waals surface area contributed by atoms with Crippen LogP contribution in [0, 0.1) is 6.92 Å². The number of aromatic carboxylic acids is 1. The monoisotopic (exact) mass is 355 g/mol. The number of amides is 1. The number of aryl methyl sites for hydroxylation is 2. The Hall–Kier alpha value is -2.56. The third-order valence-corrected chi connectivity index (χ3v) is 5.02. The summed E-state index contributed by atoms with van der Waals surface area (Å²) < 4.78 is 5.80. The van der Waals surface area contributed by atoms with Crippen LogP contribution in [0.25, 0.3) is 0 Å². The van der Waals surface area contributed by atoms with Crippen molar-refractivity contribution >= 4 is 11.9 Å². The Morgan fingerprint density at radius 1 is 1.15 bits per heavy atom. The molecule has 1 aliphatic rings. The molecule has 1 saturated heterocycles. The minimum Gasteiger partial charge on any atom is -0.478 e. The molecule has 3 rings (SSSR count). The van der Waals surface area contributed by atoms with Crippen molar-refractivity contribution in [2.75, 3.05) is 6.54 Å². The highest BCUT2D eigenvalue weighted by Gasteiger charge is 2.28. The second kappa shape index (κ2) is 8.21. The molecule has 1 unspecified atom stereocenters. The Labute approximate surface area is 153 Å². The van der Waals surface area contributed by atoms with E-state index in [0.717, 1.165) is 43.7 Å². The largest absolute Gasteiger partial charge is 0.478 e. The molecule has 2 heterocycles. The number of furan rings is 1. The summed E-state index contributed by atoms with van der Waals surface area (Å²) in [7, 11) is 0. The lowest BCUT2D eigenvalue weighted by Crippen LogP contribution is -2.34. The maximum Gasteiger partial charge on any atom is 0.335 e. The third kappa shape index (κ3) is 4.15. The van der Waals surface area contributed by atoms with Crippen molar-refractivity contribution in [1.29, 1.82) is 0 Å². The fourth-order valence-corrected chi connectivity index (χ4v) is 3.67. The van der Waals surface area contributed by atoms with Gasteiger partial charge in [0.15, 0.2) is 0 Å². The standard InChI is InChI=1S/C21H25NO4/c1-15-10-12-19(26-15)18-9-3-2-6-14-22(18)20(23)13-11-16-7-4-5-8-17(16)21(24)25/h4-5,7-8,10,12,18H,2-3,6,9,11,13-14H2,1H3,(H,24,25). The highest BCUT2D eigenvalue weighted by atomic mass is 16.4. The zero-order chi connectivity index (χ0) is 18.5. The van der Waals surface area contributed by atoms with Crippen LogP contribution >= 0.6 is 0 Å². The van der Waals surface area contributed by atoms with E-state index >= 15 is 0 Å². The van der Waals surface area contributed by atoms with Gasteiger partial charge in [-0.15, -0.1) is 0 Å². The predicted octanol–water partition coefficient (Wildman–Crippen LogP) is 4.36. The molecular formula is C21H25NO4. The Kier molecular flexibility index (Phi) is 5.76. The first-order valence-corrected chi connectivity index (χ1v) is 9.23. The van der Waals surface area contributed by atoms with Crippen molar-refractivity contribution < 1.29 is 19.1 Å². The molecule has 138 valence electrons. The Morgan fingerprint density at radius 3 is 2.69 bits per heavy atom. The van der Waals surface area contributed by atoms with Gasteiger partial charge in [0.1, 0.15) is 11.5 Å². The van der Waals surface area contributed by atoms with Gasteiger partial charge in [0, 0.05) is 13.0 Å². The molecule has 0 saturated carbocycles. The molecule has 1 atom stereocenters. The number of carboxylic acids is 1. The lowest BCUT2D eigenvalue weighted by molar-refractivity contribution is -0.134. The van der Waals surface area contributed by atoms with Gasteiger partial charge >= 0.3 is 5.97 Å². The van der Waals surface area contributed by atoms with E-state index in [-0.39, 0.29) is 17.5 Å². The van der Waals surface area contributed by atoms with Gasteiger partial charge in [0.25, 0.3) is 0 Å². The van der Waals surface area contributed by atoms with Crippen LogP contribution in [0.5, 0.6) is 0 Å². The van der Waals surface area contributed by atoms with E-state index in [1.807, 2.05) is 30.0 Å². The molecule has 5 heteroatoms. The zero-order valence-electron chi connectivity index (χ0n) is 15.1. The quantitative estimate of drug-likeness (QED) is 0.865. The van der Waals surface area contributed by atoms with Crippen LogP contribution in [0.1, 0.15) is 65.6 Å². The number of benzene rings is 1. The summed E-state index contributed by atoms with van der Waals surface area (Å²) in [6, 6.07) is 10.8. The SMILES string of the molecule is Cc1ccc(C2CCCCCN2C(=O)CCc2ccccc2C(=O)O)o1. The van der Waals surface area contributed by atoms with E-state index < -0.39 is 5.97 Å². The van der Waals surface area contributed by atoms with Crippen molar-refractivity contribution in [3.63, 3.8) is 0 Å². The van der Waals surface area contributed by atoms with E-state index in [1.165, 1.54) is 0 Å². The molecule has 1 aromatic heterocycles. The predicted molar refractivity (Wildman–Crippen MR) is 98.1 cm³/mol. The van der Waals surface area contributed by atoms with E-state index in [1.54, 1.807) is 18.2 Å². The van der Waals surface area contributed by atoms with Gasteiger partial charge in [-0.05, 0) is 49.9 Å². The first-order chi connectivity index (χ1) is 12.6. The van der Waals surface area contributed by atoms with Crippen LogP contribution in [0.15, 0.2) is 40.8 Å². The van der Waals surface area contributed by atoms with Crippen LogP contribution in [-0.4, -0.2) is 28.4 Å². The van der Waals surface area contributed by atoms with E-state index in [4.69, 9.17) is 4.42 Å². The highest BCUT2D eigenvalue weighted by molar-refractivity contribution is 5.89. The molecule has 0 bridgehead atoms. The molecule has 1 aliphatic heterocycles. The van der Waals surface area contributed by atoms with Crippen molar-refractivity contribution in [2.24, 2.45) is 0 Å². The van der Waals surface area contributed by atoms with E-state index in [2.05, 4.69) is 0 Å². The van der Waals surface area contributed by atoms with Gasteiger partial charge in [-0.25, -0.2) is 4.79 Å². The van der Waals surface area contributed by atoms with Gasteiger partial charge in [0.05, 0.1) is 11.6 Å². The van der Waals surface area contributed by atoms with Crippen LogP contribution in [0.3, 0.4) is 0 Å². The van der Waals surface area contributed by atoms with Crippen molar-refractivity contribution in [3.8, 4) is 0 Å². The summed E-state index contributed by atoms with van der Waals surface area (Å²) in [6.45, 7) is 2.64. The molecule has 26 heavy (non-hydrogen) atoms. The second-order valence-electron chi connectivity index (χ2n) is 6.86. The van der Waals surface area contributed by atoms with Gasteiger partial charge < -0.3 is 14.4 Å². The first-order valence-electron chi connectivity index (χ1n) is 9.23. The van der Waals surface area contributed by atoms with Gasteiger partial charge in [-0.1, -0.05) is 31.0 Å². The van der Waals surface area contributed by atoms with Gasteiger partial charge in [-0.3, -0.25) is 4.79 Å². The molecule has 5 nitrogen and oxygen atoms in total. The van der Waals surface area contributed by atoms with Crippen LogP contribution in [0.2, 0.25) is 0 Å². The molecule has 2 aromatic rings.